The Kier molecular flexibility index (Phi) is 4.38. The molecule has 0 saturated carbocycles. The van der Waals surface area contributed by atoms with E-state index in [0.29, 0.717) is 25.0 Å². The number of nitrogens with zero attached hydrogens (tertiary/aromatic N) is 5. The standard InChI is InChI=1S/C16H20N6O/c1-12-6-4-5-7-14(12)22-11-13(8-18-22)10-21(3)16-20-19-15(23-16)9-17-2/h4-8,11,17H,9-10H2,1-3H3. The van der Waals surface area contributed by atoms with Gasteiger partial charge in [-0.25, -0.2) is 4.68 Å². The van der Waals surface area contributed by atoms with E-state index in [1.807, 2.05) is 48.2 Å². The minimum atomic E-state index is 0.499. The number of rotatable bonds is 6. The largest absolute Gasteiger partial charge is 0.407 e. The maximum Gasteiger partial charge on any atom is 0.318 e. The Bertz CT molecular complexity index is 778. The van der Waals surface area contributed by atoms with Crippen molar-refractivity contribution in [3.05, 3.63) is 53.7 Å². The zero-order chi connectivity index (χ0) is 16.2. The molecule has 0 aliphatic heterocycles. The fourth-order valence-electron chi connectivity index (χ4n) is 2.36. The van der Waals surface area contributed by atoms with Crippen molar-refractivity contribution < 1.29 is 4.42 Å². The van der Waals surface area contributed by atoms with Gasteiger partial charge in [-0.2, -0.15) is 5.10 Å². The van der Waals surface area contributed by atoms with Gasteiger partial charge in [0.2, 0.25) is 5.89 Å². The zero-order valence-corrected chi connectivity index (χ0v) is 13.5. The number of para-hydroxylation sites is 1. The molecule has 0 aliphatic rings. The van der Waals surface area contributed by atoms with Crippen molar-refractivity contribution in [3.63, 3.8) is 0 Å². The van der Waals surface area contributed by atoms with Crippen molar-refractivity contribution in [2.45, 2.75) is 20.0 Å². The van der Waals surface area contributed by atoms with Crippen LogP contribution in [0.25, 0.3) is 5.69 Å². The number of anilines is 1. The maximum absolute atomic E-state index is 5.58. The summed E-state index contributed by atoms with van der Waals surface area (Å²) in [5, 5.41) is 15.5. The van der Waals surface area contributed by atoms with E-state index < -0.39 is 0 Å². The van der Waals surface area contributed by atoms with Gasteiger partial charge in [0.05, 0.1) is 25.0 Å². The molecule has 1 aromatic carbocycles. The van der Waals surface area contributed by atoms with Crippen LogP contribution in [-0.4, -0.2) is 34.1 Å². The van der Waals surface area contributed by atoms with Crippen molar-refractivity contribution in [2.75, 3.05) is 19.0 Å². The molecule has 2 aromatic heterocycles. The van der Waals surface area contributed by atoms with Gasteiger partial charge in [-0.15, -0.1) is 5.10 Å². The summed E-state index contributed by atoms with van der Waals surface area (Å²) in [7, 11) is 3.76. The van der Waals surface area contributed by atoms with E-state index in [1.165, 1.54) is 5.56 Å². The van der Waals surface area contributed by atoms with Crippen LogP contribution >= 0.6 is 0 Å². The average Bonchev–Trinajstić information content (AvgIpc) is 3.18. The predicted octanol–water partition coefficient (Wildman–Crippen LogP) is 1.92. The van der Waals surface area contributed by atoms with Crippen molar-refractivity contribution in [2.24, 2.45) is 0 Å². The molecule has 0 unspecified atom stereocenters. The Morgan fingerprint density at radius 1 is 1.26 bits per heavy atom. The van der Waals surface area contributed by atoms with Gasteiger partial charge < -0.3 is 14.6 Å². The maximum atomic E-state index is 5.58. The Balaban J connectivity index is 1.72. The molecule has 0 fully saturated rings. The molecule has 0 bridgehead atoms. The van der Waals surface area contributed by atoms with Crippen LogP contribution in [0.3, 0.4) is 0 Å². The highest BCUT2D eigenvalue weighted by molar-refractivity contribution is 5.39. The average molecular weight is 312 g/mol. The summed E-state index contributed by atoms with van der Waals surface area (Å²) in [6, 6.07) is 8.66. The van der Waals surface area contributed by atoms with Crippen molar-refractivity contribution in [1.82, 2.24) is 25.3 Å². The lowest BCUT2D eigenvalue weighted by Crippen LogP contribution is -2.16. The summed E-state index contributed by atoms with van der Waals surface area (Å²) in [6.45, 7) is 3.28. The molecule has 1 N–H and O–H groups in total. The van der Waals surface area contributed by atoms with E-state index >= 15 is 0 Å². The van der Waals surface area contributed by atoms with E-state index in [1.54, 1.807) is 0 Å². The van der Waals surface area contributed by atoms with Gasteiger partial charge in [0.1, 0.15) is 0 Å². The summed E-state index contributed by atoms with van der Waals surface area (Å²) < 4.78 is 7.47. The zero-order valence-electron chi connectivity index (χ0n) is 13.5. The topological polar surface area (TPSA) is 72.0 Å². The monoisotopic (exact) mass is 312 g/mol. The molecular weight excluding hydrogens is 292 g/mol. The SMILES string of the molecule is CNCc1nnc(N(C)Cc2cnn(-c3ccccc3C)c2)o1. The van der Waals surface area contributed by atoms with E-state index in [-0.39, 0.29) is 0 Å². The normalized spacial score (nSPS) is 10.9. The fourth-order valence-corrected chi connectivity index (χ4v) is 2.36. The first-order valence-electron chi connectivity index (χ1n) is 7.45. The minimum absolute atomic E-state index is 0.499. The van der Waals surface area contributed by atoms with Crippen molar-refractivity contribution >= 4 is 6.01 Å². The van der Waals surface area contributed by atoms with Crippen LogP contribution in [0.15, 0.2) is 41.1 Å². The lowest BCUT2D eigenvalue weighted by molar-refractivity contribution is 0.475. The third kappa shape index (κ3) is 3.40. The summed E-state index contributed by atoms with van der Waals surface area (Å²) in [6.07, 6.45) is 3.87. The number of hydrogen-bond donors (Lipinski definition) is 1. The highest BCUT2D eigenvalue weighted by Crippen LogP contribution is 2.16. The fraction of sp³-hybridized carbons (Fsp3) is 0.312. The first-order chi connectivity index (χ1) is 11.2. The number of benzene rings is 1. The molecule has 0 aliphatic carbocycles. The lowest BCUT2D eigenvalue weighted by atomic mass is 10.2. The second-order valence-electron chi connectivity index (χ2n) is 5.44. The molecule has 0 radical (unpaired) electrons. The summed E-state index contributed by atoms with van der Waals surface area (Å²) in [5.41, 5.74) is 3.34. The minimum Gasteiger partial charge on any atom is -0.407 e. The van der Waals surface area contributed by atoms with Crippen LogP contribution in [0.2, 0.25) is 0 Å². The van der Waals surface area contributed by atoms with Crippen LogP contribution < -0.4 is 10.2 Å². The van der Waals surface area contributed by atoms with Crippen LogP contribution in [-0.2, 0) is 13.1 Å². The molecule has 7 nitrogen and oxygen atoms in total. The smallest absolute Gasteiger partial charge is 0.318 e. The van der Waals surface area contributed by atoms with Gasteiger partial charge in [-0.1, -0.05) is 23.3 Å². The molecule has 0 saturated heterocycles. The molecule has 3 rings (SSSR count). The first kappa shape index (κ1) is 15.2. The molecule has 0 amide bonds. The van der Waals surface area contributed by atoms with Gasteiger partial charge in [0.15, 0.2) is 0 Å². The van der Waals surface area contributed by atoms with Gasteiger partial charge in [-0.05, 0) is 25.6 Å². The van der Waals surface area contributed by atoms with Gasteiger partial charge in [-0.3, -0.25) is 0 Å². The number of aryl methyl sites for hydroxylation is 1. The summed E-state index contributed by atoms with van der Waals surface area (Å²) >= 11 is 0. The lowest BCUT2D eigenvalue weighted by Gasteiger charge is -2.12. The van der Waals surface area contributed by atoms with Crippen LogP contribution in [0.4, 0.5) is 6.01 Å². The van der Waals surface area contributed by atoms with Crippen LogP contribution in [0, 0.1) is 6.92 Å². The molecule has 120 valence electrons. The molecule has 0 atom stereocenters. The second-order valence-corrected chi connectivity index (χ2v) is 5.44. The van der Waals surface area contributed by atoms with Gasteiger partial charge in [0.25, 0.3) is 0 Å². The Morgan fingerprint density at radius 3 is 2.87 bits per heavy atom. The highest BCUT2D eigenvalue weighted by atomic mass is 16.4. The third-order valence-corrected chi connectivity index (χ3v) is 3.53. The molecule has 2 heterocycles. The molecule has 7 heteroatoms. The molecular formula is C16H20N6O. The second kappa shape index (κ2) is 6.62. The van der Waals surface area contributed by atoms with E-state index in [9.17, 15) is 0 Å². The summed E-state index contributed by atoms with van der Waals surface area (Å²) in [4.78, 5) is 1.91. The molecule has 3 aromatic rings. The Morgan fingerprint density at radius 2 is 2.09 bits per heavy atom. The predicted molar refractivity (Wildman–Crippen MR) is 87.5 cm³/mol. The number of aromatic nitrogens is 4. The summed E-state index contributed by atoms with van der Waals surface area (Å²) in [5.74, 6) is 0.574. The van der Waals surface area contributed by atoms with Crippen LogP contribution in [0.1, 0.15) is 17.0 Å². The van der Waals surface area contributed by atoms with Crippen molar-refractivity contribution in [3.8, 4) is 5.69 Å². The number of nitrogens with one attached hydrogen (secondary N) is 1. The van der Waals surface area contributed by atoms with Crippen molar-refractivity contribution in [1.29, 1.82) is 0 Å². The quantitative estimate of drug-likeness (QED) is 0.750. The van der Waals surface area contributed by atoms with E-state index in [0.717, 1.165) is 11.3 Å². The third-order valence-electron chi connectivity index (χ3n) is 3.53. The van der Waals surface area contributed by atoms with E-state index in [2.05, 4.69) is 39.7 Å². The van der Waals surface area contributed by atoms with Gasteiger partial charge >= 0.3 is 6.01 Å². The Hall–Kier alpha value is -2.67. The molecule has 23 heavy (non-hydrogen) atoms. The van der Waals surface area contributed by atoms with Crippen LogP contribution in [0.5, 0.6) is 0 Å². The molecule has 0 spiro atoms. The van der Waals surface area contributed by atoms with E-state index in [4.69, 9.17) is 4.42 Å². The van der Waals surface area contributed by atoms with Gasteiger partial charge in [0, 0.05) is 18.8 Å². The number of hydrogen-bond acceptors (Lipinski definition) is 6. The first-order valence-corrected chi connectivity index (χ1v) is 7.45. The highest BCUT2D eigenvalue weighted by Gasteiger charge is 2.12. The Labute approximate surface area is 134 Å².